The van der Waals surface area contributed by atoms with E-state index in [1.807, 2.05) is 48.7 Å². The van der Waals surface area contributed by atoms with E-state index >= 15 is 0 Å². The summed E-state index contributed by atoms with van der Waals surface area (Å²) >= 11 is 1.73. The highest BCUT2D eigenvalue weighted by molar-refractivity contribution is 7.98. The Morgan fingerprint density at radius 2 is 1.90 bits per heavy atom. The molecule has 0 bridgehead atoms. The van der Waals surface area contributed by atoms with Gasteiger partial charge in [-0.2, -0.15) is 0 Å². The number of rotatable bonds is 7. The predicted octanol–water partition coefficient (Wildman–Crippen LogP) is 3.54. The van der Waals surface area contributed by atoms with E-state index in [0.29, 0.717) is 12.1 Å². The van der Waals surface area contributed by atoms with Crippen LogP contribution in [0.15, 0.2) is 72.0 Å². The van der Waals surface area contributed by atoms with Crippen LogP contribution in [0, 0.1) is 0 Å². The molecular formula is C23H24N4O2S. The molecule has 4 rings (SSSR count). The maximum Gasteiger partial charge on any atom is 0.251 e. The summed E-state index contributed by atoms with van der Waals surface area (Å²) in [6.45, 7) is 3.59. The van der Waals surface area contributed by atoms with Gasteiger partial charge in [0.2, 0.25) is 0 Å². The zero-order valence-corrected chi connectivity index (χ0v) is 17.5. The van der Waals surface area contributed by atoms with Crippen molar-refractivity contribution < 1.29 is 9.53 Å². The fourth-order valence-corrected chi connectivity index (χ4v) is 4.01. The van der Waals surface area contributed by atoms with E-state index < -0.39 is 0 Å². The number of aromatic nitrogens is 2. The minimum atomic E-state index is -0.0801. The molecule has 6 nitrogen and oxygen atoms in total. The molecule has 1 aliphatic rings. The monoisotopic (exact) mass is 420 g/mol. The van der Waals surface area contributed by atoms with E-state index in [4.69, 9.17) is 4.74 Å². The normalized spacial score (nSPS) is 13.8. The smallest absolute Gasteiger partial charge is 0.251 e. The van der Waals surface area contributed by atoms with Crippen LogP contribution in [0.2, 0.25) is 0 Å². The van der Waals surface area contributed by atoms with Crippen molar-refractivity contribution in [1.29, 1.82) is 0 Å². The predicted molar refractivity (Wildman–Crippen MR) is 119 cm³/mol. The molecule has 1 aromatic carbocycles. The summed E-state index contributed by atoms with van der Waals surface area (Å²) in [5, 5.41) is 3.00. The number of amides is 1. The van der Waals surface area contributed by atoms with Crippen molar-refractivity contribution in [3.8, 4) is 0 Å². The maximum atomic E-state index is 12.5. The standard InChI is InChI=1S/C23H24N4O2S/c28-23(20-3-5-21(6-4-20)30-17-19-2-1-8-24-15-19)26-16-18-7-9-25-22(14-18)27-10-12-29-13-11-27/h1-9,14-15H,10-13,16-17H2,(H,26,28). The van der Waals surface area contributed by atoms with E-state index in [0.717, 1.165) is 48.3 Å². The van der Waals surface area contributed by atoms with Gasteiger partial charge in [0.15, 0.2) is 0 Å². The van der Waals surface area contributed by atoms with Gasteiger partial charge >= 0.3 is 0 Å². The lowest BCUT2D eigenvalue weighted by Crippen LogP contribution is -2.36. The van der Waals surface area contributed by atoms with Crippen LogP contribution in [-0.4, -0.2) is 42.2 Å². The molecule has 1 aliphatic heterocycles. The highest BCUT2D eigenvalue weighted by Crippen LogP contribution is 2.22. The van der Waals surface area contributed by atoms with Gasteiger partial charge in [-0.1, -0.05) is 6.07 Å². The van der Waals surface area contributed by atoms with Crippen molar-refractivity contribution in [2.45, 2.75) is 17.2 Å². The van der Waals surface area contributed by atoms with Crippen molar-refractivity contribution in [3.63, 3.8) is 0 Å². The Morgan fingerprint density at radius 3 is 2.67 bits per heavy atom. The Labute approximate surface area is 180 Å². The molecule has 3 heterocycles. The first kappa shape index (κ1) is 20.4. The van der Waals surface area contributed by atoms with E-state index in [2.05, 4.69) is 26.3 Å². The molecule has 30 heavy (non-hydrogen) atoms. The lowest BCUT2D eigenvalue weighted by Gasteiger charge is -2.28. The second-order valence-electron chi connectivity index (χ2n) is 6.98. The van der Waals surface area contributed by atoms with Gasteiger partial charge in [0.25, 0.3) is 5.91 Å². The number of nitrogens with one attached hydrogen (secondary N) is 1. The number of hydrogen-bond acceptors (Lipinski definition) is 6. The first-order valence-electron chi connectivity index (χ1n) is 9.95. The van der Waals surface area contributed by atoms with Gasteiger partial charge in [0, 0.05) is 54.4 Å². The fraction of sp³-hybridized carbons (Fsp3) is 0.261. The Balaban J connectivity index is 1.29. The Kier molecular flexibility index (Phi) is 6.95. The van der Waals surface area contributed by atoms with Gasteiger partial charge < -0.3 is 15.0 Å². The van der Waals surface area contributed by atoms with Crippen LogP contribution in [0.4, 0.5) is 5.82 Å². The number of thioether (sulfide) groups is 1. The third-order valence-corrected chi connectivity index (χ3v) is 5.93. The van der Waals surface area contributed by atoms with Crippen molar-refractivity contribution >= 4 is 23.5 Å². The van der Waals surface area contributed by atoms with Gasteiger partial charge in [0.1, 0.15) is 5.82 Å². The topological polar surface area (TPSA) is 67.4 Å². The summed E-state index contributed by atoms with van der Waals surface area (Å²) in [5.41, 5.74) is 2.87. The minimum Gasteiger partial charge on any atom is -0.378 e. The molecule has 1 fully saturated rings. The Bertz CT molecular complexity index is 960. The summed E-state index contributed by atoms with van der Waals surface area (Å²) in [7, 11) is 0. The molecule has 0 radical (unpaired) electrons. The molecule has 1 N–H and O–H groups in total. The van der Waals surface area contributed by atoms with Crippen LogP contribution in [0.25, 0.3) is 0 Å². The SMILES string of the molecule is O=C(NCc1ccnc(N2CCOCC2)c1)c1ccc(SCc2cccnc2)cc1. The number of ether oxygens (including phenoxy) is 1. The third-order valence-electron chi connectivity index (χ3n) is 4.84. The molecule has 0 saturated carbocycles. The highest BCUT2D eigenvalue weighted by Gasteiger charge is 2.13. The van der Waals surface area contributed by atoms with Crippen molar-refractivity contribution in [1.82, 2.24) is 15.3 Å². The summed E-state index contributed by atoms with van der Waals surface area (Å²) in [4.78, 5) is 24.4. The van der Waals surface area contributed by atoms with Gasteiger partial charge in [-0.15, -0.1) is 11.8 Å². The van der Waals surface area contributed by atoms with Crippen LogP contribution in [0.3, 0.4) is 0 Å². The molecule has 7 heteroatoms. The van der Waals surface area contributed by atoms with Gasteiger partial charge in [-0.05, 0) is 53.6 Å². The number of benzene rings is 1. The molecule has 0 aliphatic carbocycles. The lowest BCUT2D eigenvalue weighted by molar-refractivity contribution is 0.0951. The van der Waals surface area contributed by atoms with Crippen LogP contribution in [0.1, 0.15) is 21.5 Å². The highest BCUT2D eigenvalue weighted by atomic mass is 32.2. The molecule has 1 saturated heterocycles. The molecule has 0 unspecified atom stereocenters. The quantitative estimate of drug-likeness (QED) is 0.590. The summed E-state index contributed by atoms with van der Waals surface area (Å²) in [5.74, 6) is 1.70. The summed E-state index contributed by atoms with van der Waals surface area (Å²) in [6.07, 6.45) is 5.44. The maximum absolute atomic E-state index is 12.5. The molecule has 0 atom stereocenters. The Morgan fingerprint density at radius 1 is 1.07 bits per heavy atom. The second kappa shape index (κ2) is 10.2. The van der Waals surface area contributed by atoms with E-state index in [1.165, 1.54) is 5.56 Å². The largest absolute Gasteiger partial charge is 0.378 e. The number of hydrogen-bond donors (Lipinski definition) is 1. The van der Waals surface area contributed by atoms with Crippen molar-refractivity contribution in [2.75, 3.05) is 31.2 Å². The molecule has 2 aromatic heterocycles. The number of carbonyl (C=O) groups is 1. The Hall–Kier alpha value is -2.90. The molecule has 154 valence electrons. The zero-order valence-electron chi connectivity index (χ0n) is 16.7. The van der Waals surface area contributed by atoms with E-state index in [-0.39, 0.29) is 5.91 Å². The number of nitrogens with zero attached hydrogens (tertiary/aromatic N) is 3. The average molecular weight is 421 g/mol. The van der Waals surface area contributed by atoms with Crippen LogP contribution < -0.4 is 10.2 Å². The number of pyridine rings is 2. The van der Waals surface area contributed by atoms with Crippen LogP contribution in [0.5, 0.6) is 0 Å². The van der Waals surface area contributed by atoms with E-state index in [9.17, 15) is 4.79 Å². The molecular weight excluding hydrogens is 396 g/mol. The van der Waals surface area contributed by atoms with Gasteiger partial charge in [-0.3, -0.25) is 9.78 Å². The molecule has 0 spiro atoms. The zero-order chi connectivity index (χ0) is 20.6. The number of anilines is 1. The van der Waals surface area contributed by atoms with Gasteiger partial charge in [0.05, 0.1) is 13.2 Å². The molecule has 3 aromatic rings. The molecule has 1 amide bonds. The van der Waals surface area contributed by atoms with Crippen LogP contribution >= 0.6 is 11.8 Å². The first-order chi connectivity index (χ1) is 14.8. The summed E-state index contributed by atoms with van der Waals surface area (Å²) in [6, 6.07) is 15.7. The summed E-state index contributed by atoms with van der Waals surface area (Å²) < 4.78 is 5.39. The number of morpholine rings is 1. The van der Waals surface area contributed by atoms with Crippen molar-refractivity contribution in [3.05, 3.63) is 83.8 Å². The average Bonchev–Trinajstić information content (AvgIpc) is 2.83. The van der Waals surface area contributed by atoms with E-state index in [1.54, 1.807) is 24.2 Å². The third kappa shape index (κ3) is 5.58. The number of carbonyl (C=O) groups excluding carboxylic acids is 1. The lowest BCUT2D eigenvalue weighted by atomic mass is 10.2. The second-order valence-corrected chi connectivity index (χ2v) is 8.03. The fourth-order valence-electron chi connectivity index (χ4n) is 3.17. The van der Waals surface area contributed by atoms with Crippen molar-refractivity contribution in [2.24, 2.45) is 0 Å². The van der Waals surface area contributed by atoms with Gasteiger partial charge in [-0.25, -0.2) is 4.98 Å². The first-order valence-corrected chi connectivity index (χ1v) is 10.9. The van der Waals surface area contributed by atoms with Crippen LogP contribution in [-0.2, 0) is 17.0 Å². The minimum absolute atomic E-state index is 0.0801.